The van der Waals surface area contributed by atoms with Gasteiger partial charge in [-0.2, -0.15) is 0 Å². The molecule has 0 aliphatic rings. The lowest BCUT2D eigenvalue weighted by Gasteiger charge is -2.10. The van der Waals surface area contributed by atoms with Gasteiger partial charge in [-0.1, -0.05) is 53.4 Å². The van der Waals surface area contributed by atoms with Crippen molar-refractivity contribution in [2.75, 3.05) is 5.32 Å². The molecular formula is C20H15N5OS2. The number of pyridine rings is 1. The number of thioether (sulfide) groups is 1. The van der Waals surface area contributed by atoms with Gasteiger partial charge in [-0.05, 0) is 42.6 Å². The van der Waals surface area contributed by atoms with E-state index in [0.29, 0.717) is 10.3 Å². The average Bonchev–Trinajstić information content (AvgIpc) is 3.31. The molecule has 1 unspecified atom stereocenters. The van der Waals surface area contributed by atoms with Gasteiger partial charge >= 0.3 is 0 Å². The highest BCUT2D eigenvalue weighted by Crippen LogP contribution is 2.29. The summed E-state index contributed by atoms with van der Waals surface area (Å²) in [6.07, 6.45) is 0. The molecule has 1 amide bonds. The highest BCUT2D eigenvalue weighted by Gasteiger charge is 2.20. The molecule has 0 radical (unpaired) electrons. The molecule has 0 saturated carbocycles. The Kier molecular flexibility index (Phi) is 4.22. The molecule has 0 spiro atoms. The summed E-state index contributed by atoms with van der Waals surface area (Å²) in [6, 6.07) is 19.9. The summed E-state index contributed by atoms with van der Waals surface area (Å²) < 4.78 is 3.04. The minimum absolute atomic E-state index is 0.110. The molecule has 0 saturated heterocycles. The number of rotatable bonds is 4. The van der Waals surface area contributed by atoms with Gasteiger partial charge in [-0.3, -0.25) is 9.20 Å². The Hall–Kier alpha value is -2.97. The number of nitrogens with one attached hydrogen (secondary N) is 1. The molecule has 8 heteroatoms. The Morgan fingerprint density at radius 3 is 2.79 bits per heavy atom. The van der Waals surface area contributed by atoms with Gasteiger partial charge in [0.2, 0.25) is 5.91 Å². The van der Waals surface area contributed by atoms with Crippen molar-refractivity contribution in [1.82, 2.24) is 19.6 Å². The monoisotopic (exact) mass is 405 g/mol. The molecule has 1 N–H and O–H groups in total. The number of nitrogens with zero attached hydrogens (tertiary/aromatic N) is 4. The van der Waals surface area contributed by atoms with E-state index in [9.17, 15) is 4.79 Å². The summed E-state index contributed by atoms with van der Waals surface area (Å²) in [5, 5.41) is 13.5. The number of carbonyl (C=O) groups excluding carboxylic acids is 1. The van der Waals surface area contributed by atoms with E-state index >= 15 is 0 Å². The first kappa shape index (κ1) is 17.2. The quantitative estimate of drug-likeness (QED) is 0.442. The van der Waals surface area contributed by atoms with Crippen LogP contribution in [0.4, 0.5) is 5.13 Å². The van der Waals surface area contributed by atoms with Crippen LogP contribution in [0.1, 0.15) is 6.92 Å². The number of benzene rings is 2. The number of carbonyl (C=O) groups is 1. The molecule has 0 fully saturated rings. The lowest BCUT2D eigenvalue weighted by molar-refractivity contribution is -0.115. The zero-order valence-corrected chi connectivity index (χ0v) is 16.5. The molecule has 2 aromatic carbocycles. The van der Waals surface area contributed by atoms with Crippen molar-refractivity contribution in [1.29, 1.82) is 0 Å². The number of hydrogen-bond acceptors (Lipinski definition) is 6. The van der Waals surface area contributed by atoms with E-state index in [1.54, 1.807) is 0 Å². The van der Waals surface area contributed by atoms with Crippen LogP contribution in [0.3, 0.4) is 0 Å². The first-order chi connectivity index (χ1) is 13.7. The normalized spacial score (nSPS) is 12.6. The molecule has 0 bridgehead atoms. The van der Waals surface area contributed by atoms with E-state index in [4.69, 9.17) is 0 Å². The van der Waals surface area contributed by atoms with Crippen LogP contribution >= 0.6 is 23.1 Å². The van der Waals surface area contributed by atoms with Crippen molar-refractivity contribution < 1.29 is 4.79 Å². The van der Waals surface area contributed by atoms with E-state index < -0.39 is 0 Å². The van der Waals surface area contributed by atoms with Gasteiger partial charge in [0.15, 0.2) is 15.9 Å². The van der Waals surface area contributed by atoms with Crippen LogP contribution in [0, 0.1) is 0 Å². The maximum absolute atomic E-state index is 12.7. The van der Waals surface area contributed by atoms with Gasteiger partial charge in [-0.25, -0.2) is 4.98 Å². The van der Waals surface area contributed by atoms with Crippen LogP contribution in [0.15, 0.2) is 65.8 Å². The third-order valence-electron chi connectivity index (χ3n) is 4.42. The van der Waals surface area contributed by atoms with Crippen molar-refractivity contribution in [3.63, 3.8) is 0 Å². The fourth-order valence-corrected chi connectivity index (χ4v) is 4.77. The summed E-state index contributed by atoms with van der Waals surface area (Å²) in [6.45, 7) is 1.86. The highest BCUT2D eigenvalue weighted by molar-refractivity contribution is 8.00. The van der Waals surface area contributed by atoms with Crippen LogP contribution in [-0.2, 0) is 4.79 Å². The van der Waals surface area contributed by atoms with E-state index in [2.05, 4.69) is 20.5 Å². The minimum atomic E-state index is -0.349. The summed E-state index contributed by atoms with van der Waals surface area (Å²) in [7, 11) is 0. The molecule has 3 aromatic heterocycles. The molecule has 28 heavy (non-hydrogen) atoms. The number of hydrogen-bond donors (Lipinski definition) is 1. The smallest absolute Gasteiger partial charge is 0.239 e. The fraction of sp³-hybridized carbons (Fsp3) is 0.100. The molecular weight excluding hydrogens is 390 g/mol. The van der Waals surface area contributed by atoms with Gasteiger partial charge in [0.25, 0.3) is 0 Å². The number of anilines is 1. The molecule has 138 valence electrons. The Morgan fingerprint density at radius 1 is 1.07 bits per heavy atom. The van der Waals surface area contributed by atoms with Gasteiger partial charge in [0, 0.05) is 0 Å². The zero-order valence-electron chi connectivity index (χ0n) is 14.9. The topological polar surface area (TPSA) is 72.2 Å². The number of thiazole rings is 1. The first-order valence-corrected chi connectivity index (χ1v) is 10.4. The zero-order chi connectivity index (χ0) is 19.1. The minimum Gasteiger partial charge on any atom is -0.301 e. The summed E-state index contributed by atoms with van der Waals surface area (Å²) in [5.41, 5.74) is 2.67. The van der Waals surface area contributed by atoms with E-state index in [1.807, 2.05) is 72.0 Å². The lowest BCUT2D eigenvalue weighted by atomic mass is 10.2. The average molecular weight is 406 g/mol. The second kappa shape index (κ2) is 6.88. The first-order valence-electron chi connectivity index (χ1n) is 8.75. The Morgan fingerprint density at radius 2 is 1.89 bits per heavy atom. The fourth-order valence-electron chi connectivity index (χ4n) is 3.03. The van der Waals surface area contributed by atoms with E-state index in [0.717, 1.165) is 26.8 Å². The van der Waals surface area contributed by atoms with Crippen LogP contribution in [0.2, 0.25) is 0 Å². The van der Waals surface area contributed by atoms with Crippen LogP contribution < -0.4 is 5.32 Å². The number of aromatic nitrogens is 4. The van der Waals surface area contributed by atoms with Crippen molar-refractivity contribution in [3.8, 4) is 0 Å². The predicted octanol–water partition coefficient (Wildman–Crippen LogP) is 4.61. The van der Waals surface area contributed by atoms with Gasteiger partial charge in [0.1, 0.15) is 0 Å². The molecule has 1 atom stereocenters. The third kappa shape index (κ3) is 3.00. The van der Waals surface area contributed by atoms with Gasteiger partial charge in [-0.15, -0.1) is 10.2 Å². The van der Waals surface area contributed by atoms with Crippen LogP contribution in [-0.4, -0.2) is 30.7 Å². The molecule has 0 aliphatic heterocycles. The second-order valence-electron chi connectivity index (χ2n) is 6.30. The molecule has 5 aromatic rings. The van der Waals surface area contributed by atoms with Crippen LogP contribution in [0.25, 0.3) is 26.8 Å². The summed E-state index contributed by atoms with van der Waals surface area (Å²) >= 11 is 2.85. The Labute approximate surface area is 168 Å². The maximum atomic E-state index is 12.7. The van der Waals surface area contributed by atoms with Crippen molar-refractivity contribution in [3.05, 3.63) is 60.7 Å². The summed E-state index contributed by atoms with van der Waals surface area (Å²) in [4.78, 5) is 17.2. The maximum Gasteiger partial charge on any atom is 0.239 e. The Bertz CT molecular complexity index is 1290. The van der Waals surface area contributed by atoms with Gasteiger partial charge in [0.05, 0.1) is 21.0 Å². The lowest BCUT2D eigenvalue weighted by Crippen LogP contribution is -2.22. The molecule has 5 rings (SSSR count). The van der Waals surface area contributed by atoms with E-state index in [1.165, 1.54) is 23.1 Å². The predicted molar refractivity (Wildman–Crippen MR) is 114 cm³/mol. The van der Waals surface area contributed by atoms with Crippen molar-refractivity contribution in [2.45, 2.75) is 17.3 Å². The molecule has 3 heterocycles. The summed E-state index contributed by atoms with van der Waals surface area (Å²) in [5.74, 6) is -0.110. The third-order valence-corrected chi connectivity index (χ3v) is 6.42. The molecule has 6 nitrogen and oxygen atoms in total. The van der Waals surface area contributed by atoms with Crippen molar-refractivity contribution in [2.24, 2.45) is 0 Å². The SMILES string of the molecule is CC(Sc1nnc2ccc3ccccc3n12)C(=O)Nc1nc2ccccc2s1. The largest absolute Gasteiger partial charge is 0.301 e. The van der Waals surface area contributed by atoms with Crippen LogP contribution in [0.5, 0.6) is 0 Å². The van der Waals surface area contributed by atoms with E-state index in [-0.39, 0.29) is 11.2 Å². The molecule has 0 aliphatic carbocycles. The van der Waals surface area contributed by atoms with Crippen molar-refractivity contribution >= 4 is 60.9 Å². The highest BCUT2D eigenvalue weighted by atomic mass is 32.2. The number of amides is 1. The number of para-hydroxylation sites is 2. The standard InChI is InChI=1S/C20H15N5OS2/c1-12(18(26)22-19-21-14-7-3-5-9-16(14)28-19)27-20-24-23-17-11-10-13-6-2-4-8-15(13)25(17)20/h2-12H,1H3,(H,21,22,26). The second-order valence-corrected chi connectivity index (χ2v) is 8.64. The number of fused-ring (bicyclic) bond motifs is 4. The van der Waals surface area contributed by atoms with Gasteiger partial charge < -0.3 is 5.32 Å². The Balaban J connectivity index is 1.41.